The molecule has 0 atom stereocenters. The van der Waals surface area contributed by atoms with E-state index in [9.17, 15) is 10.1 Å². The van der Waals surface area contributed by atoms with Crippen LogP contribution < -0.4 is 5.32 Å². The maximum Gasteiger partial charge on any atom is 0.269 e. The van der Waals surface area contributed by atoms with Crippen molar-refractivity contribution in [2.24, 2.45) is 0 Å². The molecule has 1 saturated carbocycles. The lowest BCUT2D eigenvalue weighted by Crippen LogP contribution is -2.21. The highest BCUT2D eigenvalue weighted by Crippen LogP contribution is 2.30. The Kier molecular flexibility index (Phi) is 5.81. The second-order valence-electron chi connectivity index (χ2n) is 6.46. The van der Waals surface area contributed by atoms with Gasteiger partial charge in [0.2, 0.25) is 16.8 Å². The average molecular weight is 419 g/mol. The molecule has 1 fully saturated rings. The zero-order valence-corrected chi connectivity index (χ0v) is 16.5. The highest BCUT2D eigenvalue weighted by molar-refractivity contribution is 8.00. The largest absolute Gasteiger partial charge is 0.357 e. The number of aromatic nitrogens is 4. The molecule has 146 valence electrons. The Morgan fingerprint density at radius 2 is 2.00 bits per heavy atom. The first-order valence-electron chi connectivity index (χ1n) is 8.97. The van der Waals surface area contributed by atoms with Crippen molar-refractivity contribution in [1.82, 2.24) is 20.3 Å². The molecule has 4 rings (SSSR count). The number of nitro groups is 1. The Morgan fingerprint density at radius 3 is 2.75 bits per heavy atom. The maximum atomic E-state index is 10.7. The molecule has 28 heavy (non-hydrogen) atoms. The zero-order chi connectivity index (χ0) is 19.3. The predicted octanol–water partition coefficient (Wildman–Crippen LogP) is 4.53. The number of thioether (sulfide) groups is 1. The van der Waals surface area contributed by atoms with Gasteiger partial charge in [-0.05, 0) is 25.0 Å². The highest BCUT2D eigenvalue weighted by atomic mass is 32.2. The molecular weight excluding hydrogens is 400 g/mol. The fourth-order valence-electron chi connectivity index (χ4n) is 3.03. The number of benzene rings is 1. The van der Waals surface area contributed by atoms with E-state index >= 15 is 0 Å². The molecule has 0 amide bonds. The standard InChI is InChI=1S/C17H18N6O3S2/c24-23(25)13-8-6-11(7-9-13)15-19-14(26-22-15)10-27-17-21-20-16(28-17)18-12-4-2-1-3-5-12/h6-9,12H,1-5,10H2,(H,18,20). The number of anilines is 1. The summed E-state index contributed by atoms with van der Waals surface area (Å²) in [5.74, 6) is 1.36. The van der Waals surface area contributed by atoms with E-state index in [2.05, 4.69) is 25.7 Å². The Bertz CT molecular complexity index is 937. The Balaban J connectivity index is 1.32. The van der Waals surface area contributed by atoms with E-state index in [0.29, 0.717) is 29.1 Å². The zero-order valence-electron chi connectivity index (χ0n) is 14.9. The van der Waals surface area contributed by atoms with Gasteiger partial charge in [-0.3, -0.25) is 10.1 Å². The highest BCUT2D eigenvalue weighted by Gasteiger charge is 2.16. The molecule has 0 bridgehead atoms. The monoisotopic (exact) mass is 418 g/mol. The minimum absolute atomic E-state index is 0.0249. The van der Waals surface area contributed by atoms with E-state index in [1.165, 1.54) is 67.3 Å². The summed E-state index contributed by atoms with van der Waals surface area (Å²) in [7, 11) is 0. The van der Waals surface area contributed by atoms with E-state index in [1.54, 1.807) is 12.1 Å². The van der Waals surface area contributed by atoms with Crippen LogP contribution >= 0.6 is 23.1 Å². The normalized spacial score (nSPS) is 14.9. The smallest absolute Gasteiger partial charge is 0.269 e. The quantitative estimate of drug-likeness (QED) is 0.335. The number of nitrogens with one attached hydrogen (secondary N) is 1. The van der Waals surface area contributed by atoms with Crippen molar-refractivity contribution in [3.05, 3.63) is 40.3 Å². The molecule has 0 unspecified atom stereocenters. The third-order valence-electron chi connectivity index (χ3n) is 4.46. The molecular formula is C17H18N6O3S2. The minimum Gasteiger partial charge on any atom is -0.357 e. The van der Waals surface area contributed by atoms with E-state index in [0.717, 1.165) is 9.47 Å². The van der Waals surface area contributed by atoms with E-state index in [1.807, 2.05) is 0 Å². The van der Waals surface area contributed by atoms with Gasteiger partial charge in [-0.15, -0.1) is 10.2 Å². The molecule has 2 heterocycles. The van der Waals surface area contributed by atoms with Crippen molar-refractivity contribution in [3.8, 4) is 11.4 Å². The summed E-state index contributed by atoms with van der Waals surface area (Å²) >= 11 is 3.02. The van der Waals surface area contributed by atoms with Gasteiger partial charge < -0.3 is 9.84 Å². The van der Waals surface area contributed by atoms with Gasteiger partial charge in [0, 0.05) is 23.7 Å². The third-order valence-corrected chi connectivity index (χ3v) is 6.44. The molecule has 9 nitrogen and oxygen atoms in total. The summed E-state index contributed by atoms with van der Waals surface area (Å²) in [5, 5.41) is 27.4. The van der Waals surface area contributed by atoms with Gasteiger partial charge in [-0.1, -0.05) is 47.5 Å². The van der Waals surface area contributed by atoms with Gasteiger partial charge in [-0.2, -0.15) is 4.98 Å². The SMILES string of the molecule is O=[N+]([O-])c1ccc(-c2noc(CSc3nnc(NC4CCCCC4)s3)n2)cc1. The molecule has 2 aromatic heterocycles. The number of rotatable bonds is 7. The Hall–Kier alpha value is -2.53. The summed E-state index contributed by atoms with van der Waals surface area (Å²) < 4.78 is 6.11. The van der Waals surface area contributed by atoms with E-state index in [-0.39, 0.29) is 5.69 Å². The number of hydrogen-bond acceptors (Lipinski definition) is 10. The van der Waals surface area contributed by atoms with Gasteiger partial charge in [0.15, 0.2) is 4.34 Å². The topological polar surface area (TPSA) is 120 Å². The molecule has 3 aromatic rings. The first-order chi connectivity index (χ1) is 13.7. The van der Waals surface area contributed by atoms with Crippen LogP contribution in [0.3, 0.4) is 0 Å². The van der Waals surface area contributed by atoms with Crippen molar-refractivity contribution in [3.63, 3.8) is 0 Å². The summed E-state index contributed by atoms with van der Waals surface area (Å²) in [4.78, 5) is 14.6. The van der Waals surface area contributed by atoms with Crippen molar-refractivity contribution in [2.45, 2.75) is 48.2 Å². The summed E-state index contributed by atoms with van der Waals surface area (Å²) in [5.41, 5.74) is 0.692. The van der Waals surface area contributed by atoms with Crippen molar-refractivity contribution in [1.29, 1.82) is 0 Å². The molecule has 0 aliphatic heterocycles. The van der Waals surface area contributed by atoms with Crippen LogP contribution in [0.15, 0.2) is 33.1 Å². The van der Waals surface area contributed by atoms with Crippen LogP contribution in [0.25, 0.3) is 11.4 Å². The predicted molar refractivity (Wildman–Crippen MR) is 106 cm³/mol. The van der Waals surface area contributed by atoms with E-state index in [4.69, 9.17) is 4.52 Å². The molecule has 1 N–H and O–H groups in total. The summed E-state index contributed by atoms with van der Waals surface area (Å²) in [6.07, 6.45) is 6.24. The van der Waals surface area contributed by atoms with Crippen LogP contribution in [0.4, 0.5) is 10.8 Å². The first-order valence-corrected chi connectivity index (χ1v) is 10.8. The van der Waals surface area contributed by atoms with Crippen LogP contribution in [0, 0.1) is 10.1 Å². The van der Waals surface area contributed by atoms with Gasteiger partial charge in [0.25, 0.3) is 5.69 Å². The first kappa shape index (κ1) is 18.8. The van der Waals surface area contributed by atoms with Gasteiger partial charge in [-0.25, -0.2) is 0 Å². The van der Waals surface area contributed by atoms with Crippen LogP contribution in [-0.4, -0.2) is 31.3 Å². The molecule has 0 spiro atoms. The molecule has 0 radical (unpaired) electrons. The fraction of sp³-hybridized carbons (Fsp3) is 0.412. The lowest BCUT2D eigenvalue weighted by molar-refractivity contribution is -0.384. The molecule has 1 aliphatic carbocycles. The van der Waals surface area contributed by atoms with Crippen molar-refractivity contribution >= 4 is 33.9 Å². The lowest BCUT2D eigenvalue weighted by atomic mass is 9.96. The molecule has 1 aliphatic rings. The summed E-state index contributed by atoms with van der Waals surface area (Å²) in [6.45, 7) is 0. The van der Waals surface area contributed by atoms with Crippen molar-refractivity contribution < 1.29 is 9.45 Å². The third kappa shape index (κ3) is 4.65. The number of non-ortho nitro benzene ring substituents is 1. The lowest BCUT2D eigenvalue weighted by Gasteiger charge is -2.21. The second-order valence-corrected chi connectivity index (χ2v) is 8.66. The number of hydrogen-bond donors (Lipinski definition) is 1. The second kappa shape index (κ2) is 8.65. The van der Waals surface area contributed by atoms with Crippen LogP contribution in [0.2, 0.25) is 0 Å². The van der Waals surface area contributed by atoms with Crippen LogP contribution in [0.5, 0.6) is 0 Å². The summed E-state index contributed by atoms with van der Waals surface area (Å²) in [6, 6.07) is 6.55. The van der Waals surface area contributed by atoms with E-state index < -0.39 is 4.92 Å². The molecule has 1 aromatic carbocycles. The van der Waals surface area contributed by atoms with Crippen LogP contribution in [-0.2, 0) is 5.75 Å². The average Bonchev–Trinajstić information content (AvgIpc) is 3.37. The van der Waals surface area contributed by atoms with Crippen molar-refractivity contribution in [2.75, 3.05) is 5.32 Å². The Labute approximate surface area is 169 Å². The number of nitro benzene ring substituents is 1. The molecule has 11 heteroatoms. The minimum atomic E-state index is -0.443. The van der Waals surface area contributed by atoms with Gasteiger partial charge in [0.05, 0.1) is 10.7 Å². The fourth-order valence-corrected chi connectivity index (χ4v) is 4.70. The maximum absolute atomic E-state index is 10.7. The Morgan fingerprint density at radius 1 is 1.21 bits per heavy atom. The van der Waals surface area contributed by atoms with Gasteiger partial charge in [0.1, 0.15) is 0 Å². The number of nitrogens with zero attached hydrogens (tertiary/aromatic N) is 5. The molecule has 0 saturated heterocycles. The van der Waals surface area contributed by atoms with Gasteiger partial charge >= 0.3 is 0 Å². The van der Waals surface area contributed by atoms with Crippen LogP contribution in [0.1, 0.15) is 38.0 Å².